The Morgan fingerprint density at radius 2 is 0.167 bits per heavy atom. The van der Waals surface area contributed by atoms with Crippen molar-refractivity contribution in [1.29, 1.82) is 0 Å². The number of hydrogen-bond donors (Lipinski definition) is 0. The van der Waals surface area contributed by atoms with Crippen molar-refractivity contribution in [2.75, 3.05) is 0 Å². The minimum atomic E-state index is 0. The van der Waals surface area contributed by atoms with Crippen LogP contribution in [0.2, 0.25) is 0 Å². The van der Waals surface area contributed by atoms with Gasteiger partial charge in [-0.2, -0.15) is 0 Å². The second-order valence-electron chi connectivity index (χ2n) is 0. The second kappa shape index (κ2) is 74.9. The molecule has 0 bridgehead atoms. The summed E-state index contributed by atoms with van der Waals surface area (Å²) in [5, 5.41) is 0. The summed E-state index contributed by atoms with van der Waals surface area (Å²) in [6.07, 6.45) is 0. The van der Waals surface area contributed by atoms with Gasteiger partial charge in [0, 0.05) is 0 Å². The Bertz CT molecular complexity index is 4.97. The van der Waals surface area contributed by atoms with E-state index in [4.69, 9.17) is 0 Å². The molecular weight excluding hydrogens is 1540 g/mol. The summed E-state index contributed by atoms with van der Waals surface area (Å²) < 4.78 is 0. The molecule has 1 nitrogen and oxygen atoms in total. The largest absolute Gasteiger partial charge is 3.00 e. The fourth-order valence-electron chi connectivity index (χ4n) is 0. The van der Waals surface area contributed by atoms with E-state index in [9.17, 15) is 0 Å². The fraction of sp³-hybridized carbons (Fsp3) is 0. The van der Waals surface area contributed by atoms with Crippen LogP contribution in [0.5, 0.6) is 0 Å². The van der Waals surface area contributed by atoms with E-state index in [0.29, 0.717) is 0 Å². The zero-order valence-corrected chi connectivity index (χ0v) is 46.6. The monoisotopic (exact) mass is 1540 g/mol. The maximum atomic E-state index is 0. The van der Waals surface area contributed by atoms with Crippen LogP contribution in [0.1, 0.15) is 0 Å². The van der Waals surface area contributed by atoms with Gasteiger partial charge in [-0.25, -0.2) is 0 Å². The van der Waals surface area contributed by atoms with Crippen molar-refractivity contribution in [2.24, 2.45) is 0 Å². The quantitative estimate of drug-likeness (QED) is 0.325. The zero-order valence-electron chi connectivity index (χ0n) is 6.76. The molecule has 12 heavy (non-hydrogen) atoms. The van der Waals surface area contributed by atoms with Crippen LogP contribution < -0.4 is 0 Å². The van der Waals surface area contributed by atoms with Crippen LogP contribution >= 0.6 is 0 Å². The SMILES string of the molecule is [La+3].[La+3].[La+3].[La+3].[La+3].[La+3].[La+3].[La+3].[La+3].[La+3].[La+3].[O-2]. The van der Waals surface area contributed by atoms with Crippen molar-refractivity contribution >= 4 is 0 Å². The van der Waals surface area contributed by atoms with E-state index in [1.165, 1.54) is 0 Å². The Labute approximate surface area is 382 Å². The summed E-state index contributed by atoms with van der Waals surface area (Å²) in [6, 6.07) is 0. The molecule has 0 amide bonds. The molecule has 0 N–H and O–H groups in total. The third kappa shape index (κ3) is 65.7. The molecule has 0 unspecified atom stereocenters. The molecule has 0 spiro atoms. The van der Waals surface area contributed by atoms with Crippen LogP contribution in [0.25, 0.3) is 0 Å². The van der Waals surface area contributed by atoms with Gasteiger partial charge in [-0.15, -0.1) is 0 Å². The van der Waals surface area contributed by atoms with E-state index in [0.717, 1.165) is 0 Å². The van der Waals surface area contributed by atoms with Gasteiger partial charge in [0.15, 0.2) is 0 Å². The Balaban J connectivity index is 0. The van der Waals surface area contributed by atoms with Gasteiger partial charge < -0.3 is 5.48 Å². The molecule has 0 atom stereocenters. The Morgan fingerprint density at radius 1 is 0.167 bits per heavy atom. The summed E-state index contributed by atoms with van der Waals surface area (Å²) in [5.74, 6) is 0. The molecule has 0 rings (SSSR count). The first-order valence-corrected chi connectivity index (χ1v) is 0. The van der Waals surface area contributed by atoms with Crippen LogP contribution in [-0.2, 0) is 5.48 Å². The van der Waals surface area contributed by atoms with E-state index >= 15 is 0 Å². The van der Waals surface area contributed by atoms with Crippen LogP contribution in [0.15, 0.2) is 0 Å². The predicted octanol–water partition coefficient (Wildman–Crippen LogP) is -0.119. The van der Waals surface area contributed by atoms with Crippen molar-refractivity contribution in [3.63, 3.8) is 0 Å². The first kappa shape index (κ1) is 84.9. The molecule has 0 heterocycles. The fourth-order valence-corrected chi connectivity index (χ4v) is 0. The summed E-state index contributed by atoms with van der Waals surface area (Å²) in [6.45, 7) is 0. The molecule has 0 saturated heterocycles. The van der Waals surface area contributed by atoms with Gasteiger partial charge in [-0.05, 0) is 0 Å². The summed E-state index contributed by atoms with van der Waals surface area (Å²) in [7, 11) is 0. The topological polar surface area (TPSA) is 28.5 Å². The van der Waals surface area contributed by atoms with Gasteiger partial charge in [0.1, 0.15) is 0 Å². The third-order valence-corrected chi connectivity index (χ3v) is 0. The zero-order chi connectivity index (χ0) is 0. The van der Waals surface area contributed by atoms with Crippen molar-refractivity contribution < 1.29 is 397 Å². The molecule has 0 aliphatic heterocycles. The third-order valence-electron chi connectivity index (χ3n) is 0. The van der Waals surface area contributed by atoms with E-state index in [2.05, 4.69) is 0 Å². The van der Waals surface area contributed by atoms with Crippen molar-refractivity contribution in [1.82, 2.24) is 0 Å². The number of rotatable bonds is 0. The van der Waals surface area contributed by atoms with Gasteiger partial charge in [0.2, 0.25) is 0 Å². The van der Waals surface area contributed by atoms with Gasteiger partial charge >= 0.3 is 392 Å². The van der Waals surface area contributed by atoms with E-state index in [1.807, 2.05) is 0 Å². The van der Waals surface area contributed by atoms with Crippen LogP contribution in [-0.4, -0.2) is 0 Å². The van der Waals surface area contributed by atoms with Crippen LogP contribution in [0.3, 0.4) is 0 Å². The molecule has 0 fully saturated rings. The molecule has 0 aromatic heterocycles. The molecule has 0 aromatic carbocycles. The molecule has 8 valence electrons. The summed E-state index contributed by atoms with van der Waals surface area (Å²) in [5.41, 5.74) is 0. The van der Waals surface area contributed by atoms with E-state index in [-0.39, 0.29) is 397 Å². The van der Waals surface area contributed by atoms with E-state index < -0.39 is 0 Å². The first-order chi connectivity index (χ1) is 0. The molecular formula is La11O+31. The Morgan fingerprint density at radius 3 is 0.167 bits per heavy atom. The average molecular weight is 1540 g/mol. The summed E-state index contributed by atoms with van der Waals surface area (Å²) >= 11 is 0. The smallest absolute Gasteiger partial charge is 2.00 e. The van der Waals surface area contributed by atoms with Crippen LogP contribution in [0, 0.1) is 392 Å². The standard InChI is InChI=1S/11La.O/q11*+3;-2. The van der Waals surface area contributed by atoms with Gasteiger partial charge in [0.05, 0.1) is 0 Å². The molecule has 0 radical (unpaired) electrons. The van der Waals surface area contributed by atoms with Gasteiger partial charge in [-0.1, -0.05) is 0 Å². The van der Waals surface area contributed by atoms with E-state index in [1.54, 1.807) is 0 Å². The molecule has 0 aliphatic carbocycles. The molecule has 0 aromatic rings. The van der Waals surface area contributed by atoms with Crippen molar-refractivity contribution in [3.05, 3.63) is 0 Å². The molecule has 0 saturated carbocycles. The van der Waals surface area contributed by atoms with Crippen molar-refractivity contribution in [2.45, 2.75) is 0 Å². The molecule has 12 heteroatoms. The minimum Gasteiger partial charge on any atom is -2.00 e. The maximum absolute atomic E-state index is 0. The van der Waals surface area contributed by atoms with Gasteiger partial charge in [0.25, 0.3) is 0 Å². The average Bonchev–Trinajstić information content (AvgIpc) is 0. The first-order valence-electron chi connectivity index (χ1n) is 0. The normalized spacial score (nSPS) is 0. The minimum absolute atomic E-state index is 0. The number of hydrogen-bond acceptors (Lipinski definition) is 0. The predicted molar refractivity (Wildman–Crippen MR) is 0.686 cm³/mol. The van der Waals surface area contributed by atoms with Crippen molar-refractivity contribution in [3.8, 4) is 0 Å². The van der Waals surface area contributed by atoms with Gasteiger partial charge in [-0.3, -0.25) is 0 Å². The Kier molecular flexibility index (Phi) is 530. The molecule has 0 aliphatic rings. The van der Waals surface area contributed by atoms with Crippen LogP contribution in [0.4, 0.5) is 0 Å². The summed E-state index contributed by atoms with van der Waals surface area (Å²) in [4.78, 5) is 0. The Hall–Kier alpha value is 13.1. The second-order valence-corrected chi connectivity index (χ2v) is 0. The maximum Gasteiger partial charge on any atom is 3.00 e.